The normalized spacial score (nSPS) is 11.5. The average Bonchev–Trinajstić information content (AvgIpc) is 2.87. The van der Waals surface area contributed by atoms with Gasteiger partial charge in [0.25, 0.3) is 5.69 Å². The fourth-order valence-electron chi connectivity index (χ4n) is 3.61. The summed E-state index contributed by atoms with van der Waals surface area (Å²) in [6.45, 7) is 0.137. The molecule has 0 fully saturated rings. The van der Waals surface area contributed by atoms with E-state index < -0.39 is 11.0 Å². The van der Waals surface area contributed by atoms with Crippen molar-refractivity contribution in [1.29, 1.82) is 0 Å². The van der Waals surface area contributed by atoms with Crippen LogP contribution in [-0.2, 0) is 28.3 Å². The second-order valence-electron chi connectivity index (χ2n) is 7.99. The van der Waals surface area contributed by atoms with Crippen molar-refractivity contribution in [3.8, 4) is 0 Å². The predicted molar refractivity (Wildman–Crippen MR) is 144 cm³/mol. The third-order valence-electron chi connectivity index (χ3n) is 5.51. The molecule has 0 bridgehead atoms. The molecule has 188 valence electrons. The van der Waals surface area contributed by atoms with Crippen molar-refractivity contribution in [2.75, 3.05) is 12.8 Å². The number of thioether (sulfide) groups is 1. The molecule has 1 N–H and O–H groups in total. The van der Waals surface area contributed by atoms with Gasteiger partial charge in [-0.05, 0) is 28.8 Å². The summed E-state index contributed by atoms with van der Waals surface area (Å²) < 4.78 is 0. The number of likely N-dealkylation sites (N-methyl/N-ethyl adjacent to an activating group) is 1. The van der Waals surface area contributed by atoms with Crippen LogP contribution in [-0.4, -0.2) is 40.5 Å². The van der Waals surface area contributed by atoms with Crippen molar-refractivity contribution in [3.05, 3.63) is 110 Å². The molecule has 0 radical (unpaired) electrons. The van der Waals surface area contributed by atoms with Crippen molar-refractivity contribution in [2.24, 2.45) is 0 Å². The molecular weight excluding hydrogens is 521 g/mol. The number of carbonyl (C=O) groups excluding carboxylic acids is 2. The Bertz CT molecular complexity index is 1210. The number of amides is 2. The van der Waals surface area contributed by atoms with Crippen LogP contribution in [0.2, 0.25) is 10.0 Å². The van der Waals surface area contributed by atoms with Crippen LogP contribution in [0.3, 0.4) is 0 Å². The summed E-state index contributed by atoms with van der Waals surface area (Å²) in [4.78, 5) is 38.4. The van der Waals surface area contributed by atoms with E-state index in [4.69, 9.17) is 23.2 Å². The Kier molecular flexibility index (Phi) is 10.2. The molecule has 3 rings (SSSR count). The maximum atomic E-state index is 13.5. The van der Waals surface area contributed by atoms with Crippen LogP contribution in [0.1, 0.15) is 16.7 Å². The van der Waals surface area contributed by atoms with E-state index in [2.05, 4.69) is 5.32 Å². The van der Waals surface area contributed by atoms with Crippen molar-refractivity contribution in [1.82, 2.24) is 10.2 Å². The predicted octanol–water partition coefficient (Wildman–Crippen LogP) is 5.52. The average molecular weight is 546 g/mol. The molecule has 3 aromatic carbocycles. The maximum Gasteiger partial charge on any atom is 0.269 e. The molecule has 2 amide bonds. The summed E-state index contributed by atoms with van der Waals surface area (Å²) >= 11 is 13.8. The molecule has 10 heteroatoms. The standard InChI is InChI=1S/C26H25Cl2N3O4S/c1-29-26(33)24(13-18-5-3-2-4-6-18)30(15-20-9-10-21(27)14-23(20)28)25(32)17-36-16-19-7-11-22(12-8-19)31(34)35/h2-12,14,24H,13,15-17H2,1H3,(H,29,33)/t24-/m1/s1. The van der Waals surface area contributed by atoms with Crippen molar-refractivity contribution in [2.45, 2.75) is 24.8 Å². The number of nitro groups is 1. The minimum atomic E-state index is -0.753. The quantitative estimate of drug-likeness (QED) is 0.253. The molecule has 3 aromatic rings. The number of halogens is 2. The Morgan fingerprint density at radius 1 is 1.03 bits per heavy atom. The zero-order valence-electron chi connectivity index (χ0n) is 19.5. The third kappa shape index (κ3) is 7.71. The first-order valence-electron chi connectivity index (χ1n) is 11.1. The highest BCUT2D eigenvalue weighted by molar-refractivity contribution is 7.99. The molecule has 0 aliphatic rings. The summed E-state index contributed by atoms with van der Waals surface area (Å²) in [5.74, 6) is 0.0997. The molecule has 0 unspecified atom stereocenters. The molecule has 0 aliphatic carbocycles. The van der Waals surface area contributed by atoms with Gasteiger partial charge >= 0.3 is 0 Å². The Hall–Kier alpha value is -3.07. The van der Waals surface area contributed by atoms with E-state index in [1.54, 1.807) is 42.3 Å². The largest absolute Gasteiger partial charge is 0.357 e. The van der Waals surface area contributed by atoms with Gasteiger partial charge in [-0.3, -0.25) is 19.7 Å². The van der Waals surface area contributed by atoms with E-state index in [0.717, 1.165) is 11.1 Å². The number of non-ortho nitro benzene ring substituents is 1. The maximum absolute atomic E-state index is 13.5. The molecule has 0 spiro atoms. The molecule has 0 saturated carbocycles. The molecule has 36 heavy (non-hydrogen) atoms. The SMILES string of the molecule is CNC(=O)[C@@H](Cc1ccccc1)N(Cc1ccc(Cl)cc1Cl)C(=O)CSCc1ccc([N+](=O)[O-])cc1. The number of nitrogens with zero attached hydrogens (tertiary/aromatic N) is 2. The Labute approximate surface area is 223 Å². The van der Waals surface area contributed by atoms with Gasteiger partial charge in [-0.1, -0.05) is 71.7 Å². The van der Waals surface area contributed by atoms with E-state index in [1.165, 1.54) is 23.9 Å². The monoisotopic (exact) mass is 545 g/mol. The second-order valence-corrected chi connectivity index (χ2v) is 9.82. The number of nitro benzene ring substituents is 1. The molecule has 7 nitrogen and oxygen atoms in total. The third-order valence-corrected chi connectivity index (χ3v) is 7.09. The summed E-state index contributed by atoms with van der Waals surface area (Å²) in [5, 5.41) is 14.4. The van der Waals surface area contributed by atoms with Crippen LogP contribution in [0.25, 0.3) is 0 Å². The van der Waals surface area contributed by atoms with Crippen molar-refractivity contribution in [3.63, 3.8) is 0 Å². The second kappa shape index (κ2) is 13.3. The van der Waals surface area contributed by atoms with Gasteiger partial charge in [0.1, 0.15) is 6.04 Å². The van der Waals surface area contributed by atoms with Gasteiger partial charge in [0.15, 0.2) is 0 Å². The first-order chi connectivity index (χ1) is 17.3. The lowest BCUT2D eigenvalue weighted by Crippen LogP contribution is -2.50. The lowest BCUT2D eigenvalue weighted by Gasteiger charge is -2.31. The van der Waals surface area contributed by atoms with E-state index in [9.17, 15) is 19.7 Å². The fourth-order valence-corrected chi connectivity index (χ4v) is 4.95. The van der Waals surface area contributed by atoms with E-state index in [0.29, 0.717) is 27.8 Å². The van der Waals surface area contributed by atoms with Gasteiger partial charge in [-0.15, -0.1) is 11.8 Å². The Morgan fingerprint density at radius 2 is 1.72 bits per heavy atom. The van der Waals surface area contributed by atoms with E-state index >= 15 is 0 Å². The smallest absolute Gasteiger partial charge is 0.269 e. The lowest BCUT2D eigenvalue weighted by atomic mass is 10.0. The molecule has 0 aromatic heterocycles. The highest BCUT2D eigenvalue weighted by Crippen LogP contribution is 2.25. The van der Waals surface area contributed by atoms with Crippen LogP contribution < -0.4 is 5.32 Å². The first kappa shape index (κ1) is 27.5. The fraction of sp³-hybridized carbons (Fsp3) is 0.231. The topological polar surface area (TPSA) is 92.6 Å². The van der Waals surface area contributed by atoms with Crippen LogP contribution >= 0.6 is 35.0 Å². The van der Waals surface area contributed by atoms with Crippen molar-refractivity contribution < 1.29 is 14.5 Å². The van der Waals surface area contributed by atoms with Crippen LogP contribution in [0, 0.1) is 10.1 Å². The van der Waals surface area contributed by atoms with Crippen LogP contribution in [0.4, 0.5) is 5.69 Å². The summed E-state index contributed by atoms with van der Waals surface area (Å²) in [7, 11) is 1.54. The molecule has 0 saturated heterocycles. The lowest BCUT2D eigenvalue weighted by molar-refractivity contribution is -0.384. The number of rotatable bonds is 11. The molecule has 0 aliphatic heterocycles. The van der Waals surface area contributed by atoms with Crippen LogP contribution in [0.5, 0.6) is 0 Å². The van der Waals surface area contributed by atoms with Gasteiger partial charge in [0.05, 0.1) is 10.7 Å². The van der Waals surface area contributed by atoms with Gasteiger partial charge < -0.3 is 10.2 Å². The highest BCUT2D eigenvalue weighted by Gasteiger charge is 2.30. The van der Waals surface area contributed by atoms with E-state index in [-0.39, 0.29) is 29.8 Å². The highest BCUT2D eigenvalue weighted by atomic mass is 35.5. The summed E-state index contributed by atoms with van der Waals surface area (Å²) in [6.07, 6.45) is 0.338. The van der Waals surface area contributed by atoms with Gasteiger partial charge in [0.2, 0.25) is 11.8 Å². The minimum Gasteiger partial charge on any atom is -0.357 e. The number of hydrogen-bond donors (Lipinski definition) is 1. The summed E-state index contributed by atoms with van der Waals surface area (Å²) in [6, 6.07) is 20.0. The number of hydrogen-bond acceptors (Lipinski definition) is 5. The van der Waals surface area contributed by atoms with E-state index in [1.807, 2.05) is 30.3 Å². The molecular formula is C26H25Cl2N3O4S. The summed E-state index contributed by atoms with van der Waals surface area (Å²) in [5.41, 5.74) is 2.47. The zero-order chi connectivity index (χ0) is 26.1. The number of benzene rings is 3. The minimum absolute atomic E-state index is 0.0141. The number of carbonyl (C=O) groups is 2. The van der Waals surface area contributed by atoms with Gasteiger partial charge in [-0.2, -0.15) is 0 Å². The van der Waals surface area contributed by atoms with Crippen LogP contribution in [0.15, 0.2) is 72.8 Å². The Balaban J connectivity index is 1.81. The molecule has 1 atom stereocenters. The molecule has 0 heterocycles. The van der Waals surface area contributed by atoms with Gasteiger partial charge in [-0.25, -0.2) is 0 Å². The van der Waals surface area contributed by atoms with Gasteiger partial charge in [0, 0.05) is 47.9 Å². The first-order valence-corrected chi connectivity index (χ1v) is 13.0. The Morgan fingerprint density at radius 3 is 2.33 bits per heavy atom. The number of nitrogens with one attached hydrogen (secondary N) is 1. The van der Waals surface area contributed by atoms with Crippen molar-refractivity contribution >= 4 is 52.5 Å². The zero-order valence-corrected chi connectivity index (χ0v) is 21.9.